The number of pyridine rings is 1. The Hall–Kier alpha value is -2.89. The molecule has 1 aromatic carbocycles. The number of rotatable bonds is 5. The van der Waals surface area contributed by atoms with Gasteiger partial charge in [0, 0.05) is 48.8 Å². The molecule has 1 fully saturated rings. The SMILES string of the molecule is CC1CCN(c2ccc(NC(=O)C(C)(C)C)cc2C(=O)NCc2cccnc2)CC1. The molecule has 0 aliphatic carbocycles. The summed E-state index contributed by atoms with van der Waals surface area (Å²) in [5, 5.41) is 5.94. The Kier molecular flexibility index (Phi) is 6.75. The lowest BCUT2D eigenvalue weighted by molar-refractivity contribution is -0.123. The lowest BCUT2D eigenvalue weighted by Crippen LogP contribution is -2.35. The first kappa shape index (κ1) is 21.8. The van der Waals surface area contributed by atoms with Gasteiger partial charge >= 0.3 is 0 Å². The van der Waals surface area contributed by atoms with Gasteiger partial charge in [-0.2, -0.15) is 0 Å². The summed E-state index contributed by atoms with van der Waals surface area (Å²) in [5.74, 6) is 0.470. The highest BCUT2D eigenvalue weighted by Crippen LogP contribution is 2.29. The topological polar surface area (TPSA) is 74.3 Å². The van der Waals surface area contributed by atoms with E-state index in [1.54, 1.807) is 18.5 Å². The average Bonchev–Trinajstić information content (AvgIpc) is 2.73. The minimum Gasteiger partial charge on any atom is -0.371 e. The monoisotopic (exact) mass is 408 g/mol. The number of nitrogens with zero attached hydrogens (tertiary/aromatic N) is 2. The molecule has 0 saturated carbocycles. The van der Waals surface area contributed by atoms with Crippen molar-refractivity contribution in [1.82, 2.24) is 10.3 Å². The first-order valence-electron chi connectivity index (χ1n) is 10.6. The highest BCUT2D eigenvalue weighted by molar-refractivity contribution is 6.02. The number of carbonyl (C=O) groups is 2. The van der Waals surface area contributed by atoms with Crippen LogP contribution in [0.25, 0.3) is 0 Å². The summed E-state index contributed by atoms with van der Waals surface area (Å²) in [4.78, 5) is 31.9. The quantitative estimate of drug-likeness (QED) is 0.776. The molecule has 0 bridgehead atoms. The van der Waals surface area contributed by atoms with Crippen molar-refractivity contribution in [3.8, 4) is 0 Å². The summed E-state index contributed by atoms with van der Waals surface area (Å²) >= 11 is 0. The number of carbonyl (C=O) groups excluding carboxylic acids is 2. The molecule has 1 aliphatic heterocycles. The molecule has 2 heterocycles. The maximum atomic E-state index is 13.1. The molecule has 6 nitrogen and oxygen atoms in total. The van der Waals surface area contributed by atoms with E-state index in [4.69, 9.17) is 0 Å². The molecule has 0 atom stereocenters. The zero-order chi connectivity index (χ0) is 21.7. The van der Waals surface area contributed by atoms with Gasteiger partial charge in [-0.25, -0.2) is 0 Å². The van der Waals surface area contributed by atoms with Crippen molar-refractivity contribution in [3.63, 3.8) is 0 Å². The fourth-order valence-electron chi connectivity index (χ4n) is 3.42. The van der Waals surface area contributed by atoms with Crippen molar-refractivity contribution in [2.75, 3.05) is 23.3 Å². The van der Waals surface area contributed by atoms with Crippen molar-refractivity contribution in [3.05, 3.63) is 53.9 Å². The number of piperidine rings is 1. The van der Waals surface area contributed by atoms with Gasteiger partial charge in [0.2, 0.25) is 5.91 Å². The van der Waals surface area contributed by atoms with E-state index >= 15 is 0 Å². The van der Waals surface area contributed by atoms with Gasteiger partial charge in [-0.15, -0.1) is 0 Å². The molecule has 2 amide bonds. The summed E-state index contributed by atoms with van der Waals surface area (Å²) in [6.07, 6.45) is 5.67. The van der Waals surface area contributed by atoms with Gasteiger partial charge < -0.3 is 15.5 Å². The smallest absolute Gasteiger partial charge is 0.253 e. The van der Waals surface area contributed by atoms with Crippen molar-refractivity contribution < 1.29 is 9.59 Å². The predicted molar refractivity (Wildman–Crippen MR) is 121 cm³/mol. The number of nitrogens with one attached hydrogen (secondary N) is 2. The van der Waals surface area contributed by atoms with Crippen LogP contribution in [-0.4, -0.2) is 29.9 Å². The Morgan fingerprint density at radius 3 is 2.53 bits per heavy atom. The van der Waals surface area contributed by atoms with Crippen molar-refractivity contribution >= 4 is 23.2 Å². The summed E-state index contributed by atoms with van der Waals surface area (Å²) in [6, 6.07) is 9.41. The molecular formula is C24H32N4O2. The van der Waals surface area contributed by atoms with Gasteiger partial charge in [0.1, 0.15) is 0 Å². The largest absolute Gasteiger partial charge is 0.371 e. The number of benzene rings is 1. The second kappa shape index (κ2) is 9.28. The normalized spacial score (nSPS) is 15.0. The molecule has 160 valence electrons. The third-order valence-corrected chi connectivity index (χ3v) is 5.48. The maximum Gasteiger partial charge on any atom is 0.253 e. The fraction of sp³-hybridized carbons (Fsp3) is 0.458. The zero-order valence-electron chi connectivity index (χ0n) is 18.4. The molecule has 0 radical (unpaired) electrons. The highest BCUT2D eigenvalue weighted by atomic mass is 16.2. The van der Waals surface area contributed by atoms with E-state index in [0.29, 0.717) is 23.7 Å². The van der Waals surface area contributed by atoms with Crippen LogP contribution in [0.4, 0.5) is 11.4 Å². The van der Waals surface area contributed by atoms with Crippen molar-refractivity contribution in [2.24, 2.45) is 11.3 Å². The molecule has 1 aromatic heterocycles. The highest BCUT2D eigenvalue weighted by Gasteiger charge is 2.24. The van der Waals surface area contributed by atoms with Crippen LogP contribution in [0.1, 0.15) is 56.5 Å². The molecule has 6 heteroatoms. The maximum absolute atomic E-state index is 13.1. The summed E-state index contributed by atoms with van der Waals surface area (Å²) in [7, 11) is 0. The zero-order valence-corrected chi connectivity index (χ0v) is 18.4. The number of hydrogen-bond donors (Lipinski definition) is 2. The molecular weight excluding hydrogens is 376 g/mol. The molecule has 2 aromatic rings. The van der Waals surface area contributed by atoms with Crippen LogP contribution < -0.4 is 15.5 Å². The van der Waals surface area contributed by atoms with Crippen LogP contribution >= 0.6 is 0 Å². The van der Waals surface area contributed by atoms with Gasteiger partial charge in [-0.05, 0) is 48.6 Å². The standard InChI is InChI=1S/C24H32N4O2/c1-17-9-12-28(13-10-17)21-8-7-19(27-23(30)24(2,3)4)14-20(21)22(29)26-16-18-6-5-11-25-15-18/h5-8,11,14-15,17H,9-10,12-13,16H2,1-4H3,(H,26,29)(H,27,30). The number of amides is 2. The Bertz CT molecular complexity index is 882. The molecule has 0 unspecified atom stereocenters. The van der Waals surface area contributed by atoms with E-state index in [0.717, 1.165) is 37.2 Å². The predicted octanol–water partition coefficient (Wildman–Crippen LogP) is 4.23. The van der Waals surface area contributed by atoms with Gasteiger partial charge in [-0.3, -0.25) is 14.6 Å². The average molecular weight is 409 g/mol. The van der Waals surface area contributed by atoms with Crippen molar-refractivity contribution in [2.45, 2.75) is 47.1 Å². The van der Waals surface area contributed by atoms with Crippen LogP contribution in [0.3, 0.4) is 0 Å². The Morgan fingerprint density at radius 1 is 1.17 bits per heavy atom. The van der Waals surface area contributed by atoms with E-state index in [1.807, 2.05) is 45.0 Å². The second-order valence-electron chi connectivity index (χ2n) is 9.15. The van der Waals surface area contributed by atoms with Crippen LogP contribution in [0.5, 0.6) is 0 Å². The third-order valence-electron chi connectivity index (χ3n) is 5.48. The van der Waals surface area contributed by atoms with Crippen LogP contribution in [0.2, 0.25) is 0 Å². The molecule has 0 spiro atoms. The van der Waals surface area contributed by atoms with Gasteiger partial charge in [0.05, 0.1) is 5.56 Å². The van der Waals surface area contributed by atoms with Crippen LogP contribution in [-0.2, 0) is 11.3 Å². The van der Waals surface area contributed by atoms with E-state index in [2.05, 4.69) is 27.4 Å². The van der Waals surface area contributed by atoms with Gasteiger partial charge in [0.25, 0.3) is 5.91 Å². The number of anilines is 2. The molecule has 1 aliphatic rings. The Labute approximate surface area is 179 Å². The molecule has 2 N–H and O–H groups in total. The number of hydrogen-bond acceptors (Lipinski definition) is 4. The first-order valence-corrected chi connectivity index (χ1v) is 10.6. The van der Waals surface area contributed by atoms with Gasteiger partial charge in [0.15, 0.2) is 0 Å². The minimum absolute atomic E-state index is 0.0798. The second-order valence-corrected chi connectivity index (χ2v) is 9.15. The summed E-state index contributed by atoms with van der Waals surface area (Å²) in [6.45, 7) is 10.1. The van der Waals surface area contributed by atoms with E-state index in [-0.39, 0.29) is 11.8 Å². The van der Waals surface area contributed by atoms with Gasteiger partial charge in [-0.1, -0.05) is 33.8 Å². The third kappa shape index (κ3) is 5.59. The van der Waals surface area contributed by atoms with E-state index in [1.165, 1.54) is 0 Å². The fourth-order valence-corrected chi connectivity index (χ4v) is 3.42. The van der Waals surface area contributed by atoms with Crippen LogP contribution in [0, 0.1) is 11.3 Å². The lowest BCUT2D eigenvalue weighted by Gasteiger charge is -2.33. The Balaban J connectivity index is 1.84. The van der Waals surface area contributed by atoms with Crippen LogP contribution in [0.15, 0.2) is 42.7 Å². The summed E-state index contributed by atoms with van der Waals surface area (Å²) < 4.78 is 0. The first-order chi connectivity index (χ1) is 14.2. The minimum atomic E-state index is -0.510. The molecule has 30 heavy (non-hydrogen) atoms. The van der Waals surface area contributed by atoms with Crippen molar-refractivity contribution in [1.29, 1.82) is 0 Å². The summed E-state index contributed by atoms with van der Waals surface area (Å²) in [5.41, 5.74) is 2.57. The Morgan fingerprint density at radius 2 is 1.90 bits per heavy atom. The van der Waals surface area contributed by atoms with E-state index in [9.17, 15) is 9.59 Å². The molecule has 3 rings (SSSR count). The van der Waals surface area contributed by atoms with E-state index < -0.39 is 5.41 Å². The molecule has 1 saturated heterocycles. The number of aromatic nitrogens is 1. The lowest BCUT2D eigenvalue weighted by atomic mass is 9.95.